The van der Waals surface area contributed by atoms with Crippen molar-refractivity contribution in [1.29, 1.82) is 0 Å². The molecule has 15 heavy (non-hydrogen) atoms. The van der Waals surface area contributed by atoms with Gasteiger partial charge in [0.05, 0.1) is 0 Å². The van der Waals surface area contributed by atoms with E-state index in [1.807, 2.05) is 0 Å². The second-order valence-electron chi connectivity index (χ2n) is 2.15. The first-order valence-corrected chi connectivity index (χ1v) is 5.75. The zero-order valence-electron chi connectivity index (χ0n) is 10.2. The van der Waals surface area contributed by atoms with E-state index in [1.165, 1.54) is 42.7 Å². The summed E-state index contributed by atoms with van der Waals surface area (Å²) in [6, 6.07) is 0. The lowest BCUT2D eigenvalue weighted by atomic mass is 11.2. The molecule has 0 atom stereocenters. The third-order valence-corrected chi connectivity index (χ3v) is 3.08. The van der Waals surface area contributed by atoms with Crippen LogP contribution in [-0.4, -0.2) is 55.4 Å². The fraction of sp³-hybridized carbons (Fsp3) is 0.875. The molecule has 0 heterocycles. The Hall–Kier alpha value is 0.0600. The Bertz CT molecular complexity index is 146. The molecule has 0 bridgehead atoms. The van der Waals surface area contributed by atoms with Crippen LogP contribution in [-0.2, 0) is 27.8 Å². The van der Waals surface area contributed by atoms with Gasteiger partial charge in [-0.3, -0.25) is 0 Å². The van der Waals surface area contributed by atoms with Crippen LogP contribution in [0.25, 0.3) is 0 Å². The van der Waals surface area contributed by atoms with Crippen molar-refractivity contribution < 1.29 is 27.8 Å². The molecule has 0 unspecified atom stereocenters. The van der Waals surface area contributed by atoms with Gasteiger partial charge in [-0.25, -0.2) is 0 Å². The molecule has 6 nitrogen and oxygen atoms in total. The Morgan fingerprint density at radius 3 is 1.00 bits per heavy atom. The van der Waals surface area contributed by atoms with Gasteiger partial charge in [-0.05, 0) is 6.30 Å². The Morgan fingerprint density at radius 2 is 1.00 bits per heavy atom. The van der Waals surface area contributed by atoms with Crippen molar-refractivity contribution in [3.63, 3.8) is 0 Å². The predicted octanol–water partition coefficient (Wildman–Crippen LogP) is 1.33. The zero-order chi connectivity index (χ0) is 12.3. The van der Waals surface area contributed by atoms with Crippen molar-refractivity contribution in [1.82, 2.24) is 0 Å². The van der Waals surface area contributed by atoms with E-state index < -0.39 is 14.0 Å². The molecular formula is C8H21O6P. The van der Waals surface area contributed by atoms with Crippen LogP contribution in [0, 0.1) is 0 Å². The largest absolute Gasteiger partial charge is 0.333 e. The third kappa shape index (κ3) is 9.02. The summed E-state index contributed by atoms with van der Waals surface area (Å²) in [7, 11) is 6.90. The molecule has 0 fully saturated rings. The van der Waals surface area contributed by atoms with Crippen LogP contribution in [0.2, 0.25) is 0 Å². The van der Waals surface area contributed by atoms with Crippen LogP contribution < -0.4 is 0 Å². The summed E-state index contributed by atoms with van der Waals surface area (Å²) < 4.78 is 28.2. The topological polar surface area (TPSA) is 55.4 Å². The fourth-order valence-electron chi connectivity index (χ4n) is 0.512. The molecular weight excluding hydrogens is 223 g/mol. The molecule has 0 radical (unpaired) electrons. The lowest BCUT2D eigenvalue weighted by Crippen LogP contribution is -2.14. The molecule has 0 aliphatic carbocycles. The predicted molar refractivity (Wildman–Crippen MR) is 59.9 cm³/mol. The molecule has 0 aromatic rings. The zero-order valence-corrected chi connectivity index (χ0v) is 11.1. The van der Waals surface area contributed by atoms with Gasteiger partial charge in [0, 0.05) is 42.7 Å². The fourth-order valence-corrected chi connectivity index (χ4v) is 0.959. The van der Waals surface area contributed by atoms with Crippen molar-refractivity contribution in [2.24, 2.45) is 0 Å². The Morgan fingerprint density at radius 1 is 0.733 bits per heavy atom. The van der Waals surface area contributed by atoms with E-state index in [4.69, 9.17) is 13.6 Å². The van der Waals surface area contributed by atoms with Crippen molar-refractivity contribution in [3.8, 4) is 0 Å². The second-order valence-corrected chi connectivity index (χ2v) is 4.47. The lowest BCUT2D eigenvalue weighted by molar-refractivity contribution is -0.252. The number of ether oxygens (including phenoxy) is 3. The number of methoxy groups -OCH3 is 3. The summed E-state index contributed by atoms with van der Waals surface area (Å²) in [6.07, 6.45) is 3.57. The van der Waals surface area contributed by atoms with Gasteiger partial charge in [-0.2, -0.15) is 0 Å². The Kier molecular flexibility index (Phi) is 12.3. The second kappa shape index (κ2) is 10.6. The summed E-state index contributed by atoms with van der Waals surface area (Å²) in [4.78, 5) is 0. The molecule has 0 aliphatic rings. The highest BCUT2D eigenvalue weighted by molar-refractivity contribution is 7.59. The first-order chi connectivity index (χ1) is 7.03. The molecule has 0 aliphatic heterocycles. The van der Waals surface area contributed by atoms with Crippen LogP contribution in [0.5, 0.6) is 0 Å². The van der Waals surface area contributed by atoms with Crippen LogP contribution in [0.4, 0.5) is 0 Å². The molecule has 7 heteroatoms. The summed E-state index contributed by atoms with van der Waals surface area (Å²) in [6.45, 7) is -0.514. The first-order valence-electron chi connectivity index (χ1n) is 4.02. The van der Waals surface area contributed by atoms with Crippen LogP contribution in [0.1, 0.15) is 0 Å². The minimum atomic E-state index is -2.16. The van der Waals surface area contributed by atoms with Gasteiger partial charge in [0.1, 0.15) is 0 Å². The maximum absolute atomic E-state index is 4.79. The molecule has 0 amide bonds. The van der Waals surface area contributed by atoms with E-state index in [2.05, 4.69) is 20.5 Å². The quantitative estimate of drug-likeness (QED) is 0.519. The average molecular weight is 244 g/mol. The SMILES string of the molecule is C=P(OC)(OC)OC.COC(OC)OC. The summed E-state index contributed by atoms with van der Waals surface area (Å²) in [5.74, 6) is 0. The molecule has 0 saturated heterocycles. The number of rotatable bonds is 6. The Balaban J connectivity index is 0. The molecule has 0 N–H and O–H groups in total. The van der Waals surface area contributed by atoms with E-state index in [0.29, 0.717) is 0 Å². The molecule has 94 valence electrons. The Labute approximate surface area is 91.6 Å². The van der Waals surface area contributed by atoms with E-state index in [0.717, 1.165) is 0 Å². The number of hydrogen-bond donors (Lipinski definition) is 0. The lowest BCUT2D eigenvalue weighted by Gasteiger charge is -2.16. The van der Waals surface area contributed by atoms with Gasteiger partial charge in [-0.15, -0.1) is 0 Å². The minimum absolute atomic E-state index is 0.514. The van der Waals surface area contributed by atoms with Crippen molar-refractivity contribution >= 4 is 13.9 Å². The van der Waals surface area contributed by atoms with Gasteiger partial charge >= 0.3 is 0 Å². The van der Waals surface area contributed by atoms with Crippen molar-refractivity contribution in [2.45, 2.75) is 6.48 Å². The van der Waals surface area contributed by atoms with Crippen molar-refractivity contribution in [2.75, 3.05) is 42.7 Å². The summed E-state index contributed by atoms with van der Waals surface area (Å²) in [5, 5.41) is 0. The van der Waals surface area contributed by atoms with Gasteiger partial charge in [-0.1, -0.05) is 0 Å². The van der Waals surface area contributed by atoms with Gasteiger partial charge in [0.2, 0.25) is 7.57 Å². The highest BCUT2D eigenvalue weighted by atomic mass is 31.2. The standard InChI is InChI=1S/C4H11O3P.C4H10O3/c1-5-8(4,6-2)7-3;1-5-4(6-2)7-3/h4H2,1-3H3;4H,1-3H3. The van der Waals surface area contributed by atoms with E-state index in [-0.39, 0.29) is 0 Å². The third-order valence-electron chi connectivity index (χ3n) is 1.41. The molecule has 0 spiro atoms. The molecule has 0 rings (SSSR count). The highest BCUT2D eigenvalue weighted by Crippen LogP contribution is 2.45. The average Bonchev–Trinajstić information content (AvgIpc) is 2.31. The maximum atomic E-state index is 4.79. The van der Waals surface area contributed by atoms with Crippen LogP contribution in [0.15, 0.2) is 0 Å². The van der Waals surface area contributed by atoms with Gasteiger partial charge in [0.25, 0.3) is 6.48 Å². The normalized spacial score (nSPS) is 11.1. The van der Waals surface area contributed by atoms with Crippen molar-refractivity contribution in [3.05, 3.63) is 0 Å². The molecule has 0 aromatic carbocycles. The smallest absolute Gasteiger partial charge is 0.270 e. The number of hydrogen-bond acceptors (Lipinski definition) is 6. The van der Waals surface area contributed by atoms with Gasteiger partial charge < -0.3 is 27.8 Å². The molecule has 0 saturated carbocycles. The first kappa shape index (κ1) is 17.5. The summed E-state index contributed by atoms with van der Waals surface area (Å²) in [5.41, 5.74) is 0. The van der Waals surface area contributed by atoms with E-state index >= 15 is 0 Å². The summed E-state index contributed by atoms with van der Waals surface area (Å²) >= 11 is 0. The van der Waals surface area contributed by atoms with Gasteiger partial charge in [0.15, 0.2) is 0 Å². The highest BCUT2D eigenvalue weighted by Gasteiger charge is 2.07. The maximum Gasteiger partial charge on any atom is 0.270 e. The van der Waals surface area contributed by atoms with Crippen LogP contribution in [0.3, 0.4) is 0 Å². The monoisotopic (exact) mass is 244 g/mol. The van der Waals surface area contributed by atoms with E-state index in [9.17, 15) is 0 Å². The van der Waals surface area contributed by atoms with Crippen LogP contribution >= 0.6 is 7.57 Å². The molecule has 0 aromatic heterocycles. The minimum Gasteiger partial charge on any atom is -0.333 e. The van der Waals surface area contributed by atoms with E-state index in [1.54, 1.807) is 0 Å².